The second-order valence-corrected chi connectivity index (χ2v) is 7.86. The molecule has 6 nitrogen and oxygen atoms in total. The molecule has 1 fully saturated rings. The molecule has 2 aliphatic carbocycles. The first-order valence-corrected chi connectivity index (χ1v) is 10.00. The van der Waals surface area contributed by atoms with Gasteiger partial charge in [0, 0.05) is 36.2 Å². The van der Waals surface area contributed by atoms with Gasteiger partial charge in [-0.25, -0.2) is 9.50 Å². The number of benzene rings is 1. The van der Waals surface area contributed by atoms with Gasteiger partial charge in [0.05, 0.1) is 5.69 Å². The highest BCUT2D eigenvalue weighted by Crippen LogP contribution is 2.29. The van der Waals surface area contributed by atoms with E-state index in [-0.39, 0.29) is 0 Å². The van der Waals surface area contributed by atoms with Crippen molar-refractivity contribution in [1.82, 2.24) is 14.6 Å². The van der Waals surface area contributed by atoms with Crippen LogP contribution in [0.25, 0.3) is 5.65 Å². The van der Waals surface area contributed by atoms with Crippen molar-refractivity contribution in [2.75, 3.05) is 10.6 Å². The Bertz CT molecular complexity index is 954. The minimum Gasteiger partial charge on any atom is -0.366 e. The predicted octanol–water partition coefficient (Wildman–Crippen LogP) is 3.64. The zero-order valence-electron chi connectivity index (χ0n) is 15.5. The van der Waals surface area contributed by atoms with Crippen molar-refractivity contribution >= 4 is 22.8 Å². The van der Waals surface area contributed by atoms with Crippen LogP contribution in [0.4, 0.5) is 17.2 Å². The number of aryl methyl sites for hydroxylation is 2. The number of nitrogens with two attached hydrogens (primary N) is 1. The van der Waals surface area contributed by atoms with E-state index in [1.807, 2.05) is 10.7 Å². The topological polar surface area (TPSA) is 80.3 Å². The van der Waals surface area contributed by atoms with Crippen molar-refractivity contribution in [3.05, 3.63) is 47.8 Å². The third-order valence-electron chi connectivity index (χ3n) is 5.86. The Balaban J connectivity index is 1.42. The highest BCUT2D eigenvalue weighted by atomic mass is 15.3. The van der Waals surface area contributed by atoms with Crippen LogP contribution >= 0.6 is 0 Å². The molecule has 4 N–H and O–H groups in total. The number of hydrogen-bond acceptors (Lipinski definition) is 5. The fraction of sp³-hybridized carbons (Fsp3) is 0.429. The second-order valence-electron chi connectivity index (χ2n) is 7.86. The molecule has 1 saturated carbocycles. The summed E-state index contributed by atoms with van der Waals surface area (Å²) in [5, 5.41) is 11.8. The zero-order chi connectivity index (χ0) is 18.2. The van der Waals surface area contributed by atoms with Gasteiger partial charge in [0.25, 0.3) is 0 Å². The average Bonchev–Trinajstić information content (AvgIpc) is 3.32. The Kier molecular flexibility index (Phi) is 4.20. The molecule has 0 saturated heterocycles. The molecular formula is C21H26N6. The number of nitrogens with one attached hydrogen (secondary N) is 2. The van der Waals surface area contributed by atoms with Gasteiger partial charge in [-0.1, -0.05) is 6.07 Å². The normalized spacial score (nSPS) is 22.0. The van der Waals surface area contributed by atoms with Gasteiger partial charge in [-0.05, 0) is 68.2 Å². The maximum Gasteiger partial charge on any atom is 0.177 e. The van der Waals surface area contributed by atoms with E-state index in [4.69, 9.17) is 5.73 Å². The molecule has 0 amide bonds. The van der Waals surface area contributed by atoms with E-state index in [0.717, 1.165) is 48.5 Å². The van der Waals surface area contributed by atoms with E-state index >= 15 is 0 Å². The second kappa shape index (κ2) is 6.85. The highest BCUT2D eigenvalue weighted by Gasteiger charge is 2.19. The van der Waals surface area contributed by atoms with Crippen LogP contribution in [0, 0.1) is 0 Å². The number of nitrogens with zero attached hydrogens (tertiary/aromatic N) is 3. The molecule has 0 atom stereocenters. The first kappa shape index (κ1) is 16.6. The van der Waals surface area contributed by atoms with Crippen molar-refractivity contribution in [3.8, 4) is 0 Å². The summed E-state index contributed by atoms with van der Waals surface area (Å²) in [4.78, 5) is 4.48. The van der Waals surface area contributed by atoms with Crippen molar-refractivity contribution in [1.29, 1.82) is 0 Å². The zero-order valence-corrected chi connectivity index (χ0v) is 15.5. The molecule has 5 rings (SSSR count). The van der Waals surface area contributed by atoms with Gasteiger partial charge in [0.1, 0.15) is 5.82 Å². The van der Waals surface area contributed by atoms with Gasteiger partial charge in [-0.15, -0.1) is 5.10 Å². The number of fused-ring (bicyclic) bond motifs is 2. The molecule has 0 spiro atoms. The van der Waals surface area contributed by atoms with Crippen LogP contribution < -0.4 is 16.4 Å². The fourth-order valence-corrected chi connectivity index (χ4v) is 4.36. The Morgan fingerprint density at radius 2 is 1.89 bits per heavy atom. The first-order chi connectivity index (χ1) is 13.2. The van der Waals surface area contributed by atoms with E-state index in [1.165, 1.54) is 30.4 Å². The van der Waals surface area contributed by atoms with Crippen molar-refractivity contribution in [3.63, 3.8) is 0 Å². The number of rotatable bonds is 4. The van der Waals surface area contributed by atoms with E-state index in [0.29, 0.717) is 12.1 Å². The smallest absolute Gasteiger partial charge is 0.177 e. The van der Waals surface area contributed by atoms with Gasteiger partial charge >= 0.3 is 0 Å². The Hall–Kier alpha value is -2.60. The molecule has 0 aliphatic heterocycles. The molecule has 27 heavy (non-hydrogen) atoms. The van der Waals surface area contributed by atoms with Gasteiger partial charge in [-0.3, -0.25) is 0 Å². The van der Waals surface area contributed by atoms with Gasteiger partial charge < -0.3 is 16.4 Å². The van der Waals surface area contributed by atoms with Crippen LogP contribution in [0.15, 0.2) is 36.7 Å². The lowest BCUT2D eigenvalue weighted by atomic mass is 9.92. The molecule has 140 valence electrons. The SMILES string of the molecule is NC1CCC(Nc2cc(Nc3ccc4c(c3)CCC4)c3nccn3n2)CC1. The quantitative estimate of drug-likeness (QED) is 0.660. The maximum atomic E-state index is 6.03. The number of hydrogen-bond donors (Lipinski definition) is 3. The molecule has 2 aliphatic rings. The standard InChI is InChI=1S/C21H26N6/c22-16-5-8-17(9-6-16)25-20-13-19(21-23-10-11-27(21)26-20)24-18-7-4-14-2-1-3-15(14)12-18/h4,7,10-13,16-17,24H,1-3,5-6,8-9,22H2,(H,25,26). The van der Waals surface area contributed by atoms with E-state index in [2.05, 4.69) is 45.0 Å². The molecule has 2 heterocycles. The van der Waals surface area contributed by atoms with Gasteiger partial charge in [0.2, 0.25) is 0 Å². The summed E-state index contributed by atoms with van der Waals surface area (Å²) in [5.41, 5.74) is 11.9. The summed E-state index contributed by atoms with van der Waals surface area (Å²) < 4.78 is 1.84. The van der Waals surface area contributed by atoms with E-state index in [9.17, 15) is 0 Å². The van der Waals surface area contributed by atoms with Crippen molar-refractivity contribution in [2.45, 2.75) is 57.0 Å². The lowest BCUT2D eigenvalue weighted by Crippen LogP contribution is -2.33. The molecule has 0 bridgehead atoms. The van der Waals surface area contributed by atoms with E-state index < -0.39 is 0 Å². The van der Waals surface area contributed by atoms with Crippen molar-refractivity contribution in [2.24, 2.45) is 5.73 Å². The Labute approximate surface area is 159 Å². The molecule has 0 radical (unpaired) electrons. The lowest BCUT2D eigenvalue weighted by Gasteiger charge is -2.27. The minimum absolute atomic E-state index is 0.351. The van der Waals surface area contributed by atoms with Crippen LogP contribution in [-0.2, 0) is 12.8 Å². The van der Waals surface area contributed by atoms with Crippen LogP contribution in [0.1, 0.15) is 43.2 Å². The Morgan fingerprint density at radius 1 is 1.04 bits per heavy atom. The third kappa shape index (κ3) is 3.37. The predicted molar refractivity (Wildman–Crippen MR) is 109 cm³/mol. The number of anilines is 3. The molecule has 3 aromatic rings. The monoisotopic (exact) mass is 362 g/mol. The summed E-state index contributed by atoms with van der Waals surface area (Å²) in [6, 6.07) is 9.55. The van der Waals surface area contributed by atoms with Gasteiger partial charge in [-0.2, -0.15) is 0 Å². The first-order valence-electron chi connectivity index (χ1n) is 10.00. The molecule has 0 unspecified atom stereocenters. The summed E-state index contributed by atoms with van der Waals surface area (Å²) >= 11 is 0. The highest BCUT2D eigenvalue weighted by molar-refractivity contribution is 5.76. The van der Waals surface area contributed by atoms with Crippen LogP contribution in [-0.4, -0.2) is 26.7 Å². The summed E-state index contributed by atoms with van der Waals surface area (Å²) in [7, 11) is 0. The number of aromatic nitrogens is 3. The molecule has 2 aromatic heterocycles. The van der Waals surface area contributed by atoms with E-state index in [1.54, 1.807) is 6.20 Å². The van der Waals surface area contributed by atoms with Crippen LogP contribution in [0.3, 0.4) is 0 Å². The van der Waals surface area contributed by atoms with Crippen molar-refractivity contribution < 1.29 is 0 Å². The van der Waals surface area contributed by atoms with Crippen LogP contribution in [0.5, 0.6) is 0 Å². The fourth-order valence-electron chi connectivity index (χ4n) is 4.36. The Morgan fingerprint density at radius 3 is 2.78 bits per heavy atom. The third-order valence-corrected chi connectivity index (χ3v) is 5.86. The lowest BCUT2D eigenvalue weighted by molar-refractivity contribution is 0.410. The largest absolute Gasteiger partial charge is 0.366 e. The summed E-state index contributed by atoms with van der Waals surface area (Å²) in [5.74, 6) is 0.879. The summed E-state index contributed by atoms with van der Waals surface area (Å²) in [6.45, 7) is 0. The molecular weight excluding hydrogens is 336 g/mol. The maximum absolute atomic E-state index is 6.03. The number of imidazole rings is 1. The van der Waals surface area contributed by atoms with Gasteiger partial charge in [0.15, 0.2) is 5.65 Å². The molecule has 1 aromatic carbocycles. The summed E-state index contributed by atoms with van der Waals surface area (Å²) in [6.07, 6.45) is 11.7. The molecule has 6 heteroatoms. The average molecular weight is 362 g/mol. The minimum atomic E-state index is 0.351. The van der Waals surface area contributed by atoms with Crippen LogP contribution in [0.2, 0.25) is 0 Å².